The summed E-state index contributed by atoms with van der Waals surface area (Å²) >= 11 is 0. The largest absolute Gasteiger partial charge is 0.444 e. The summed E-state index contributed by atoms with van der Waals surface area (Å²) < 4.78 is 19.7. The van der Waals surface area contributed by atoms with Crippen LogP contribution >= 0.6 is 0 Å². The van der Waals surface area contributed by atoms with Crippen LogP contribution in [0, 0.1) is 5.92 Å². The summed E-state index contributed by atoms with van der Waals surface area (Å²) in [4.78, 5) is 13.2. The van der Waals surface area contributed by atoms with Crippen LogP contribution in [-0.2, 0) is 4.74 Å². The van der Waals surface area contributed by atoms with Gasteiger partial charge in [-0.3, -0.25) is 0 Å². The lowest BCUT2D eigenvalue weighted by Gasteiger charge is -2.25. The molecular weight excluding hydrogens is 237 g/mol. The van der Waals surface area contributed by atoms with Crippen molar-refractivity contribution in [1.29, 1.82) is 0 Å². The molecule has 1 fully saturated rings. The van der Waals surface area contributed by atoms with Gasteiger partial charge in [0.15, 0.2) is 5.67 Å². The first-order valence-electron chi connectivity index (χ1n) is 6.49. The van der Waals surface area contributed by atoms with E-state index in [0.717, 1.165) is 6.42 Å². The predicted molar refractivity (Wildman–Crippen MR) is 67.1 cm³/mol. The average Bonchev–Trinajstić information content (AvgIpc) is 2.56. The lowest BCUT2D eigenvalue weighted by Crippen LogP contribution is -2.39. The molecule has 1 saturated heterocycles. The Kier molecular flexibility index (Phi) is 4.59. The topological polar surface area (TPSA) is 49.8 Å². The van der Waals surface area contributed by atoms with Crippen molar-refractivity contribution in [3.8, 4) is 0 Å². The number of alkyl halides is 1. The minimum atomic E-state index is -1.69. The smallest absolute Gasteiger partial charge is 0.410 e. The number of aliphatic hydroxyl groups is 1. The summed E-state index contributed by atoms with van der Waals surface area (Å²) in [5, 5.41) is 9.20. The van der Waals surface area contributed by atoms with Crippen LogP contribution in [0.15, 0.2) is 0 Å². The Labute approximate surface area is 108 Å². The highest BCUT2D eigenvalue weighted by molar-refractivity contribution is 5.68. The third kappa shape index (κ3) is 3.57. The van der Waals surface area contributed by atoms with E-state index in [-0.39, 0.29) is 12.5 Å². The van der Waals surface area contributed by atoms with Crippen LogP contribution in [0.25, 0.3) is 0 Å². The Morgan fingerprint density at radius 1 is 1.56 bits per heavy atom. The first kappa shape index (κ1) is 15.2. The highest BCUT2D eigenvalue weighted by atomic mass is 19.1. The zero-order chi connectivity index (χ0) is 14.0. The molecule has 1 rings (SSSR count). The summed E-state index contributed by atoms with van der Waals surface area (Å²) in [5.74, 6) is -0.306. The Morgan fingerprint density at radius 2 is 2.17 bits per heavy atom. The zero-order valence-corrected chi connectivity index (χ0v) is 11.7. The monoisotopic (exact) mass is 261 g/mol. The zero-order valence-electron chi connectivity index (χ0n) is 11.7. The molecule has 1 N–H and O–H groups in total. The predicted octanol–water partition coefficient (Wildman–Crippen LogP) is 2.35. The number of likely N-dealkylation sites (tertiary alicyclic amines) is 1. The van der Waals surface area contributed by atoms with E-state index in [1.165, 1.54) is 4.90 Å². The Hall–Kier alpha value is -0.840. The molecule has 1 amide bonds. The molecule has 0 bridgehead atoms. The van der Waals surface area contributed by atoms with Gasteiger partial charge in [-0.25, -0.2) is 9.18 Å². The number of rotatable bonds is 3. The van der Waals surface area contributed by atoms with Gasteiger partial charge in [-0.15, -0.1) is 0 Å². The third-order valence-electron chi connectivity index (χ3n) is 3.18. The van der Waals surface area contributed by atoms with Gasteiger partial charge in [-0.05, 0) is 27.2 Å². The van der Waals surface area contributed by atoms with Crippen molar-refractivity contribution < 1.29 is 19.0 Å². The molecule has 0 aliphatic carbocycles. The SMILES string of the molecule is CCC[C@H]1CN(C(=O)OC(C)(C)C)C[C@@]1(F)CO. The fourth-order valence-electron chi connectivity index (χ4n) is 2.28. The molecule has 1 aliphatic rings. The van der Waals surface area contributed by atoms with Gasteiger partial charge in [0, 0.05) is 12.5 Å². The average molecular weight is 261 g/mol. The molecule has 0 aromatic carbocycles. The maximum absolute atomic E-state index is 14.4. The van der Waals surface area contributed by atoms with Crippen LogP contribution < -0.4 is 0 Å². The van der Waals surface area contributed by atoms with E-state index in [1.54, 1.807) is 20.8 Å². The van der Waals surface area contributed by atoms with E-state index < -0.39 is 24.0 Å². The number of amides is 1. The normalized spacial score (nSPS) is 28.6. The summed E-state index contributed by atoms with van der Waals surface area (Å²) in [5.41, 5.74) is -2.27. The molecule has 0 spiro atoms. The van der Waals surface area contributed by atoms with Crippen LogP contribution in [0.1, 0.15) is 40.5 Å². The molecule has 0 radical (unpaired) electrons. The number of ether oxygens (including phenoxy) is 1. The van der Waals surface area contributed by atoms with Crippen LogP contribution in [0.4, 0.5) is 9.18 Å². The van der Waals surface area contributed by atoms with Gasteiger partial charge >= 0.3 is 6.09 Å². The molecule has 0 aromatic heterocycles. The van der Waals surface area contributed by atoms with Crippen molar-refractivity contribution in [2.45, 2.75) is 51.8 Å². The van der Waals surface area contributed by atoms with Crippen molar-refractivity contribution in [2.24, 2.45) is 5.92 Å². The second kappa shape index (κ2) is 5.43. The lowest BCUT2D eigenvalue weighted by molar-refractivity contribution is 0.0191. The van der Waals surface area contributed by atoms with Gasteiger partial charge in [-0.2, -0.15) is 0 Å². The molecule has 5 heteroatoms. The number of nitrogens with zero attached hydrogens (tertiary/aromatic N) is 1. The summed E-state index contributed by atoms with van der Waals surface area (Å²) in [6.07, 6.45) is 0.992. The first-order valence-corrected chi connectivity index (χ1v) is 6.49. The molecule has 0 saturated carbocycles. The van der Waals surface area contributed by atoms with Gasteiger partial charge in [0.2, 0.25) is 0 Å². The van der Waals surface area contributed by atoms with Gasteiger partial charge < -0.3 is 14.7 Å². The van der Waals surface area contributed by atoms with Crippen LogP contribution in [0.2, 0.25) is 0 Å². The lowest BCUT2D eigenvalue weighted by atomic mass is 9.90. The number of hydrogen-bond donors (Lipinski definition) is 1. The van der Waals surface area contributed by atoms with Crippen molar-refractivity contribution in [3.05, 3.63) is 0 Å². The molecule has 1 aliphatic heterocycles. The van der Waals surface area contributed by atoms with Gasteiger partial charge in [-0.1, -0.05) is 13.3 Å². The van der Waals surface area contributed by atoms with E-state index in [2.05, 4.69) is 0 Å². The third-order valence-corrected chi connectivity index (χ3v) is 3.18. The number of carbonyl (C=O) groups excluding carboxylic acids is 1. The fraction of sp³-hybridized carbons (Fsp3) is 0.923. The highest BCUT2D eigenvalue weighted by Crippen LogP contribution is 2.35. The van der Waals surface area contributed by atoms with E-state index in [9.17, 15) is 14.3 Å². The molecule has 2 atom stereocenters. The summed E-state index contributed by atoms with van der Waals surface area (Å²) in [6.45, 7) is 6.99. The molecule has 4 nitrogen and oxygen atoms in total. The summed E-state index contributed by atoms with van der Waals surface area (Å²) in [7, 11) is 0. The van der Waals surface area contributed by atoms with Crippen molar-refractivity contribution in [1.82, 2.24) is 4.90 Å². The van der Waals surface area contributed by atoms with Gasteiger partial charge in [0.25, 0.3) is 0 Å². The van der Waals surface area contributed by atoms with Crippen LogP contribution in [0.3, 0.4) is 0 Å². The second-order valence-electron chi connectivity index (χ2n) is 6.04. The maximum Gasteiger partial charge on any atom is 0.410 e. The Morgan fingerprint density at radius 3 is 2.61 bits per heavy atom. The van der Waals surface area contributed by atoms with Crippen molar-refractivity contribution in [2.75, 3.05) is 19.7 Å². The number of aliphatic hydroxyl groups excluding tert-OH is 1. The standard InChI is InChI=1S/C13H24FNO3/c1-5-6-10-7-15(8-13(10,14)9-16)11(17)18-12(2,3)4/h10,16H,5-9H2,1-4H3/t10-,13+/m0/s1. The second-order valence-corrected chi connectivity index (χ2v) is 6.04. The first-order chi connectivity index (χ1) is 8.22. The Bertz CT molecular complexity index is 303. The van der Waals surface area contributed by atoms with E-state index in [0.29, 0.717) is 13.0 Å². The highest BCUT2D eigenvalue weighted by Gasteiger charge is 2.48. The Balaban J connectivity index is 2.69. The van der Waals surface area contributed by atoms with Crippen molar-refractivity contribution >= 4 is 6.09 Å². The molecule has 106 valence electrons. The van der Waals surface area contributed by atoms with Crippen molar-refractivity contribution in [3.63, 3.8) is 0 Å². The van der Waals surface area contributed by atoms with E-state index >= 15 is 0 Å². The molecule has 0 aromatic rings. The number of halogens is 1. The fourth-order valence-corrected chi connectivity index (χ4v) is 2.28. The minimum Gasteiger partial charge on any atom is -0.444 e. The van der Waals surface area contributed by atoms with E-state index in [4.69, 9.17) is 4.74 Å². The number of hydrogen-bond acceptors (Lipinski definition) is 3. The molecule has 1 heterocycles. The van der Waals surface area contributed by atoms with Gasteiger partial charge in [0.1, 0.15) is 5.60 Å². The van der Waals surface area contributed by atoms with E-state index in [1.807, 2.05) is 6.92 Å². The van der Waals surface area contributed by atoms with Crippen LogP contribution in [-0.4, -0.2) is 47.1 Å². The maximum atomic E-state index is 14.4. The minimum absolute atomic E-state index is 0.0803. The summed E-state index contributed by atoms with van der Waals surface area (Å²) in [6, 6.07) is 0. The quantitative estimate of drug-likeness (QED) is 0.848. The number of carbonyl (C=O) groups is 1. The van der Waals surface area contributed by atoms with Crippen LogP contribution in [0.5, 0.6) is 0 Å². The molecule has 0 unspecified atom stereocenters. The van der Waals surface area contributed by atoms with Gasteiger partial charge in [0.05, 0.1) is 13.2 Å². The molecule has 18 heavy (non-hydrogen) atoms. The molecular formula is C13H24FNO3.